The molecule has 0 unspecified atom stereocenters. The number of nitrogens with one attached hydrogen (secondary N) is 1. The van der Waals surface area contributed by atoms with E-state index < -0.39 is 10.0 Å². The van der Waals surface area contributed by atoms with Crippen LogP contribution in [0.3, 0.4) is 0 Å². The molecule has 0 heterocycles. The minimum atomic E-state index is -3.40. The minimum Gasteiger partial charge on any atom is -0.326 e. The summed E-state index contributed by atoms with van der Waals surface area (Å²) in [6, 6.07) is 5.07. The maximum absolute atomic E-state index is 12.0. The first-order valence-corrected chi connectivity index (χ1v) is 7.79. The van der Waals surface area contributed by atoms with Crippen LogP contribution in [0.2, 0.25) is 0 Å². The molecule has 1 aromatic carbocycles. The van der Waals surface area contributed by atoms with E-state index in [1.165, 1.54) is 0 Å². The van der Waals surface area contributed by atoms with Crippen molar-refractivity contribution in [3.63, 3.8) is 0 Å². The van der Waals surface area contributed by atoms with Crippen LogP contribution in [-0.2, 0) is 16.6 Å². The lowest BCUT2D eigenvalue weighted by atomic mass is 10.1. The largest absolute Gasteiger partial charge is 0.326 e. The molecule has 0 aromatic heterocycles. The van der Waals surface area contributed by atoms with Gasteiger partial charge in [-0.15, -0.1) is 0 Å². The van der Waals surface area contributed by atoms with Crippen molar-refractivity contribution in [1.82, 2.24) is 4.72 Å². The third-order valence-electron chi connectivity index (χ3n) is 2.92. The number of benzene rings is 1. The van der Waals surface area contributed by atoms with Gasteiger partial charge in [0, 0.05) is 13.1 Å². The number of rotatable bonds is 7. The lowest BCUT2D eigenvalue weighted by molar-refractivity contribution is 0.576. The zero-order valence-electron chi connectivity index (χ0n) is 11.1. The van der Waals surface area contributed by atoms with Crippen LogP contribution in [0.25, 0.3) is 0 Å². The summed E-state index contributed by atoms with van der Waals surface area (Å²) in [6.45, 7) is 4.85. The molecule has 102 valence electrons. The highest BCUT2D eigenvalue weighted by atomic mass is 32.2. The summed E-state index contributed by atoms with van der Waals surface area (Å²) in [6.07, 6.45) is 2.97. The van der Waals surface area contributed by atoms with Crippen LogP contribution in [0.5, 0.6) is 0 Å². The molecule has 0 atom stereocenters. The van der Waals surface area contributed by atoms with Crippen LogP contribution in [0.4, 0.5) is 0 Å². The summed E-state index contributed by atoms with van der Waals surface area (Å²) in [5.41, 5.74) is 7.47. The monoisotopic (exact) mass is 270 g/mol. The van der Waals surface area contributed by atoms with Crippen molar-refractivity contribution in [1.29, 1.82) is 0 Å². The molecule has 0 amide bonds. The predicted octanol–water partition coefficient (Wildman–Crippen LogP) is 1.92. The summed E-state index contributed by atoms with van der Waals surface area (Å²) in [7, 11) is -3.40. The van der Waals surface area contributed by atoms with Crippen molar-refractivity contribution >= 4 is 10.0 Å². The maximum atomic E-state index is 12.0. The van der Waals surface area contributed by atoms with E-state index in [1.807, 2.05) is 6.92 Å². The summed E-state index contributed by atoms with van der Waals surface area (Å²) >= 11 is 0. The quantitative estimate of drug-likeness (QED) is 0.744. The van der Waals surface area contributed by atoms with Crippen molar-refractivity contribution in [2.24, 2.45) is 5.73 Å². The number of aryl methyl sites for hydroxylation is 1. The zero-order chi connectivity index (χ0) is 13.6. The number of hydrogen-bond donors (Lipinski definition) is 2. The molecule has 0 saturated heterocycles. The molecule has 0 spiro atoms. The van der Waals surface area contributed by atoms with Gasteiger partial charge in [0.05, 0.1) is 4.90 Å². The number of unbranched alkanes of at least 4 members (excludes halogenated alkanes) is 2. The highest BCUT2D eigenvalue weighted by Gasteiger charge is 2.14. The molecular weight excluding hydrogens is 248 g/mol. The lowest BCUT2D eigenvalue weighted by Gasteiger charge is -2.09. The van der Waals surface area contributed by atoms with E-state index in [0.29, 0.717) is 18.0 Å². The molecule has 3 N–H and O–H groups in total. The molecule has 0 bridgehead atoms. The molecular formula is C13H22N2O2S. The van der Waals surface area contributed by atoms with Crippen molar-refractivity contribution in [2.45, 2.75) is 44.6 Å². The Balaban J connectivity index is 2.78. The van der Waals surface area contributed by atoms with Crippen molar-refractivity contribution < 1.29 is 8.42 Å². The first-order valence-electron chi connectivity index (χ1n) is 6.30. The van der Waals surface area contributed by atoms with Gasteiger partial charge >= 0.3 is 0 Å². The van der Waals surface area contributed by atoms with Gasteiger partial charge in [-0.3, -0.25) is 0 Å². The van der Waals surface area contributed by atoms with E-state index in [9.17, 15) is 8.42 Å². The SMILES string of the molecule is CCCCCNS(=O)(=O)c1ccc(C)c(CN)c1. The molecule has 0 radical (unpaired) electrons. The van der Waals surface area contributed by atoms with Gasteiger partial charge in [0.25, 0.3) is 0 Å². The Morgan fingerprint density at radius 1 is 1.28 bits per heavy atom. The molecule has 1 rings (SSSR count). The maximum Gasteiger partial charge on any atom is 0.240 e. The van der Waals surface area contributed by atoms with E-state index in [-0.39, 0.29) is 0 Å². The third kappa shape index (κ3) is 4.08. The minimum absolute atomic E-state index is 0.296. The van der Waals surface area contributed by atoms with Gasteiger partial charge in [-0.2, -0.15) is 0 Å². The predicted molar refractivity (Wildman–Crippen MR) is 73.8 cm³/mol. The number of sulfonamides is 1. The Kier molecular flexibility index (Phi) is 5.78. The Hall–Kier alpha value is -0.910. The second kappa shape index (κ2) is 6.87. The second-order valence-corrected chi connectivity index (χ2v) is 6.16. The standard InChI is InChI=1S/C13H22N2O2S/c1-3-4-5-8-15-18(16,17)13-7-6-11(2)12(9-13)10-14/h6-7,9,15H,3-5,8,10,14H2,1-2H3. The lowest BCUT2D eigenvalue weighted by Crippen LogP contribution is -2.25. The molecule has 0 aliphatic rings. The Labute approximate surface area is 110 Å². The highest BCUT2D eigenvalue weighted by Crippen LogP contribution is 2.15. The smallest absolute Gasteiger partial charge is 0.240 e. The summed E-state index contributed by atoms with van der Waals surface area (Å²) in [5, 5.41) is 0. The third-order valence-corrected chi connectivity index (χ3v) is 4.38. The molecule has 18 heavy (non-hydrogen) atoms. The number of nitrogens with two attached hydrogens (primary N) is 1. The summed E-state index contributed by atoms with van der Waals surface area (Å²) in [4.78, 5) is 0.296. The topological polar surface area (TPSA) is 72.2 Å². The molecule has 0 aliphatic heterocycles. The second-order valence-electron chi connectivity index (χ2n) is 4.40. The molecule has 0 aliphatic carbocycles. The molecule has 4 nitrogen and oxygen atoms in total. The van der Waals surface area contributed by atoms with E-state index in [1.54, 1.807) is 18.2 Å². The first kappa shape index (κ1) is 15.1. The zero-order valence-corrected chi connectivity index (χ0v) is 11.9. The Bertz CT molecular complexity index is 484. The van der Waals surface area contributed by atoms with Crippen molar-refractivity contribution in [2.75, 3.05) is 6.54 Å². The molecule has 1 aromatic rings. The molecule has 5 heteroatoms. The fourth-order valence-electron chi connectivity index (χ4n) is 1.70. The van der Waals surface area contributed by atoms with Gasteiger partial charge in [0.1, 0.15) is 0 Å². The van der Waals surface area contributed by atoms with Crippen LogP contribution < -0.4 is 10.5 Å². The van der Waals surface area contributed by atoms with E-state index in [4.69, 9.17) is 5.73 Å². The number of hydrogen-bond acceptors (Lipinski definition) is 3. The van der Waals surface area contributed by atoms with Crippen LogP contribution in [0.1, 0.15) is 37.3 Å². The molecule has 0 saturated carbocycles. The highest BCUT2D eigenvalue weighted by molar-refractivity contribution is 7.89. The molecule has 0 fully saturated rings. The fourth-order valence-corrected chi connectivity index (χ4v) is 2.82. The fraction of sp³-hybridized carbons (Fsp3) is 0.538. The Morgan fingerprint density at radius 2 is 2.00 bits per heavy atom. The van der Waals surface area contributed by atoms with Gasteiger partial charge in [-0.1, -0.05) is 25.8 Å². The van der Waals surface area contributed by atoms with Gasteiger partial charge < -0.3 is 5.73 Å². The van der Waals surface area contributed by atoms with Crippen LogP contribution in [0.15, 0.2) is 23.1 Å². The van der Waals surface area contributed by atoms with Crippen LogP contribution >= 0.6 is 0 Å². The van der Waals surface area contributed by atoms with Gasteiger partial charge in [0.2, 0.25) is 10.0 Å². The summed E-state index contributed by atoms with van der Waals surface area (Å²) < 4.78 is 26.7. The van der Waals surface area contributed by atoms with Crippen LogP contribution in [-0.4, -0.2) is 15.0 Å². The summed E-state index contributed by atoms with van der Waals surface area (Å²) in [5.74, 6) is 0. The average molecular weight is 270 g/mol. The first-order chi connectivity index (χ1) is 8.51. The normalized spacial score (nSPS) is 11.7. The van der Waals surface area contributed by atoms with E-state index in [2.05, 4.69) is 11.6 Å². The van der Waals surface area contributed by atoms with E-state index >= 15 is 0 Å². The van der Waals surface area contributed by atoms with Crippen LogP contribution in [0, 0.1) is 6.92 Å². The van der Waals surface area contributed by atoms with Gasteiger partial charge in [-0.05, 0) is 36.6 Å². The van der Waals surface area contributed by atoms with Crippen molar-refractivity contribution in [3.05, 3.63) is 29.3 Å². The average Bonchev–Trinajstić information content (AvgIpc) is 2.35. The van der Waals surface area contributed by atoms with E-state index in [0.717, 1.165) is 30.4 Å². The Morgan fingerprint density at radius 3 is 2.61 bits per heavy atom. The van der Waals surface area contributed by atoms with Gasteiger partial charge in [-0.25, -0.2) is 13.1 Å². The van der Waals surface area contributed by atoms with Crippen molar-refractivity contribution in [3.8, 4) is 0 Å². The van der Waals surface area contributed by atoms with Gasteiger partial charge in [0.15, 0.2) is 0 Å².